The molecule has 1 fully saturated rings. The van der Waals surface area contributed by atoms with E-state index < -0.39 is 22.1 Å². The number of benzene rings is 1. The van der Waals surface area contributed by atoms with E-state index in [1.54, 1.807) is 12.1 Å². The molecule has 112 valence electrons. The molecule has 1 unspecified atom stereocenters. The van der Waals surface area contributed by atoms with E-state index in [0.717, 1.165) is 5.56 Å². The Morgan fingerprint density at radius 2 is 1.80 bits per heavy atom. The first-order valence-electron chi connectivity index (χ1n) is 6.66. The third-order valence-corrected chi connectivity index (χ3v) is 4.85. The minimum absolute atomic E-state index is 0.0676. The Labute approximate surface area is 118 Å². The van der Waals surface area contributed by atoms with Crippen molar-refractivity contribution in [2.45, 2.75) is 55.9 Å². The van der Waals surface area contributed by atoms with Crippen LogP contribution in [0.4, 0.5) is 8.78 Å². The average Bonchev–Trinajstić information content (AvgIpc) is 2.51. The second kappa shape index (κ2) is 5.77. The summed E-state index contributed by atoms with van der Waals surface area (Å²) < 4.78 is 55.7. The first-order valence-corrected chi connectivity index (χ1v) is 8.07. The second-order valence-electron chi connectivity index (χ2n) is 5.27. The van der Waals surface area contributed by atoms with E-state index >= 15 is 0 Å². The maximum Gasteiger partial charge on any atom is 0.297 e. The van der Waals surface area contributed by atoms with Gasteiger partial charge in [0, 0.05) is 12.8 Å². The van der Waals surface area contributed by atoms with Gasteiger partial charge in [0.15, 0.2) is 0 Å². The van der Waals surface area contributed by atoms with E-state index in [2.05, 4.69) is 0 Å². The Morgan fingerprint density at radius 1 is 1.15 bits per heavy atom. The highest BCUT2D eigenvalue weighted by Crippen LogP contribution is 2.33. The molecule has 0 amide bonds. The molecule has 1 aromatic carbocycles. The van der Waals surface area contributed by atoms with Crippen LogP contribution < -0.4 is 0 Å². The van der Waals surface area contributed by atoms with Crippen molar-refractivity contribution < 1.29 is 21.4 Å². The van der Waals surface area contributed by atoms with E-state index in [4.69, 9.17) is 4.18 Å². The molecule has 0 N–H and O–H groups in total. The number of hydrogen-bond acceptors (Lipinski definition) is 3. The van der Waals surface area contributed by atoms with Gasteiger partial charge in [-0.3, -0.25) is 4.18 Å². The Morgan fingerprint density at radius 3 is 2.45 bits per heavy atom. The molecule has 3 nitrogen and oxygen atoms in total. The van der Waals surface area contributed by atoms with Gasteiger partial charge in [0.2, 0.25) is 5.92 Å². The van der Waals surface area contributed by atoms with Crippen LogP contribution in [0.15, 0.2) is 29.2 Å². The van der Waals surface area contributed by atoms with Crippen molar-refractivity contribution in [1.82, 2.24) is 0 Å². The molecule has 1 aliphatic carbocycles. The quantitative estimate of drug-likeness (QED) is 0.632. The molecule has 0 spiro atoms. The molecule has 6 heteroatoms. The van der Waals surface area contributed by atoms with E-state index in [0.29, 0.717) is 6.42 Å². The first-order chi connectivity index (χ1) is 9.28. The third-order valence-electron chi connectivity index (χ3n) is 3.47. The highest BCUT2D eigenvalue weighted by atomic mass is 32.2. The fourth-order valence-corrected chi connectivity index (χ4v) is 3.40. The predicted molar refractivity (Wildman–Crippen MR) is 71.3 cm³/mol. The summed E-state index contributed by atoms with van der Waals surface area (Å²) in [5.41, 5.74) is 0.943. The molecule has 1 aliphatic rings. The van der Waals surface area contributed by atoms with Gasteiger partial charge in [0.25, 0.3) is 10.1 Å². The molecule has 0 saturated heterocycles. The van der Waals surface area contributed by atoms with Crippen LogP contribution in [0.5, 0.6) is 0 Å². The van der Waals surface area contributed by atoms with Gasteiger partial charge in [0.1, 0.15) is 0 Å². The second-order valence-corrected chi connectivity index (χ2v) is 6.84. The third kappa shape index (κ3) is 3.99. The molecular weight excluding hydrogens is 286 g/mol. The van der Waals surface area contributed by atoms with Gasteiger partial charge < -0.3 is 0 Å². The smallest absolute Gasteiger partial charge is 0.263 e. The van der Waals surface area contributed by atoms with Crippen molar-refractivity contribution in [2.24, 2.45) is 0 Å². The Kier molecular flexibility index (Phi) is 4.44. The first kappa shape index (κ1) is 15.4. The summed E-state index contributed by atoms with van der Waals surface area (Å²) in [5.74, 6) is -2.70. The number of aryl methyl sites for hydroxylation is 1. The van der Waals surface area contributed by atoms with Gasteiger partial charge in [-0.25, -0.2) is 8.78 Å². The average molecular weight is 304 g/mol. The minimum atomic E-state index is -3.88. The zero-order valence-electron chi connectivity index (χ0n) is 11.3. The van der Waals surface area contributed by atoms with Crippen LogP contribution in [0.1, 0.15) is 37.7 Å². The summed E-state index contributed by atoms with van der Waals surface area (Å²) in [6.45, 7) is 1.85. The summed E-state index contributed by atoms with van der Waals surface area (Å²) in [6.07, 6.45) is -0.479. The molecule has 0 heterocycles. The van der Waals surface area contributed by atoms with E-state index in [1.165, 1.54) is 12.1 Å². The summed E-state index contributed by atoms with van der Waals surface area (Å²) >= 11 is 0. The number of alkyl halides is 2. The van der Waals surface area contributed by atoms with Crippen molar-refractivity contribution in [2.75, 3.05) is 0 Å². The van der Waals surface area contributed by atoms with Gasteiger partial charge in [-0.2, -0.15) is 8.42 Å². The van der Waals surface area contributed by atoms with Crippen molar-refractivity contribution in [3.05, 3.63) is 29.8 Å². The lowest BCUT2D eigenvalue weighted by atomic mass is 10.1. The number of rotatable bonds is 3. The molecule has 20 heavy (non-hydrogen) atoms. The lowest BCUT2D eigenvalue weighted by molar-refractivity contribution is -0.0161. The maximum absolute atomic E-state index is 13.2. The summed E-state index contributed by atoms with van der Waals surface area (Å²) in [4.78, 5) is 0.0686. The van der Waals surface area contributed by atoms with Gasteiger partial charge in [-0.15, -0.1) is 0 Å². The highest BCUT2D eigenvalue weighted by molar-refractivity contribution is 7.86. The van der Waals surface area contributed by atoms with Crippen LogP contribution in [-0.4, -0.2) is 20.4 Å². The SMILES string of the molecule is Cc1ccc(S(=O)(=O)OC2CCCC(F)(F)CC2)cc1. The zero-order valence-corrected chi connectivity index (χ0v) is 12.1. The number of halogens is 2. The largest absolute Gasteiger partial charge is 0.297 e. The minimum Gasteiger partial charge on any atom is -0.263 e. The van der Waals surface area contributed by atoms with Crippen LogP contribution in [0.2, 0.25) is 0 Å². The molecule has 0 radical (unpaired) electrons. The molecule has 2 rings (SSSR count). The topological polar surface area (TPSA) is 43.4 Å². The van der Waals surface area contributed by atoms with Crippen molar-refractivity contribution in [1.29, 1.82) is 0 Å². The Bertz CT molecular complexity index is 552. The molecule has 1 saturated carbocycles. The fraction of sp³-hybridized carbons (Fsp3) is 0.571. The summed E-state index contributed by atoms with van der Waals surface area (Å²) in [5, 5.41) is 0. The van der Waals surface area contributed by atoms with E-state index in [9.17, 15) is 17.2 Å². The van der Waals surface area contributed by atoms with Crippen LogP contribution >= 0.6 is 0 Å². The monoisotopic (exact) mass is 304 g/mol. The Hall–Kier alpha value is -1.01. The lowest BCUT2D eigenvalue weighted by Gasteiger charge is -2.15. The van der Waals surface area contributed by atoms with E-state index in [-0.39, 0.29) is 30.6 Å². The van der Waals surface area contributed by atoms with Crippen LogP contribution in [0, 0.1) is 6.92 Å². The molecule has 0 bridgehead atoms. The lowest BCUT2D eigenvalue weighted by Crippen LogP contribution is -2.19. The van der Waals surface area contributed by atoms with Crippen molar-refractivity contribution in [3.63, 3.8) is 0 Å². The van der Waals surface area contributed by atoms with Crippen molar-refractivity contribution in [3.8, 4) is 0 Å². The molecule has 1 aromatic rings. The molecule has 0 aromatic heterocycles. The van der Waals surface area contributed by atoms with Gasteiger partial charge >= 0.3 is 0 Å². The van der Waals surface area contributed by atoms with Gasteiger partial charge in [0.05, 0.1) is 11.0 Å². The maximum atomic E-state index is 13.2. The highest BCUT2D eigenvalue weighted by Gasteiger charge is 2.34. The van der Waals surface area contributed by atoms with Gasteiger partial charge in [-0.05, 0) is 38.3 Å². The normalized spacial score (nSPS) is 23.2. The van der Waals surface area contributed by atoms with Gasteiger partial charge in [-0.1, -0.05) is 17.7 Å². The summed E-state index contributed by atoms with van der Waals surface area (Å²) in [6, 6.07) is 6.29. The molecular formula is C14H18F2O3S. The molecule has 0 aliphatic heterocycles. The van der Waals surface area contributed by atoms with Crippen LogP contribution in [-0.2, 0) is 14.3 Å². The summed E-state index contributed by atoms with van der Waals surface area (Å²) in [7, 11) is -3.88. The van der Waals surface area contributed by atoms with Crippen molar-refractivity contribution >= 4 is 10.1 Å². The fourth-order valence-electron chi connectivity index (χ4n) is 2.27. The van der Waals surface area contributed by atoms with Crippen LogP contribution in [0.3, 0.4) is 0 Å². The Balaban J connectivity index is 2.07. The number of hydrogen-bond donors (Lipinski definition) is 0. The predicted octanol–water partition coefficient (Wildman–Crippen LogP) is 3.67. The standard InChI is InChI=1S/C14H18F2O3S/c1-11-4-6-13(7-5-11)20(17,18)19-12-3-2-9-14(15,16)10-8-12/h4-7,12H,2-3,8-10H2,1H3. The van der Waals surface area contributed by atoms with E-state index in [1.807, 2.05) is 6.92 Å². The zero-order chi connectivity index (χ0) is 14.8. The van der Waals surface area contributed by atoms with Crippen LogP contribution in [0.25, 0.3) is 0 Å². The molecule has 1 atom stereocenters.